The molecule has 0 bridgehead atoms. The van der Waals surface area contributed by atoms with Gasteiger partial charge in [-0.1, -0.05) is 42.0 Å². The third-order valence-electron chi connectivity index (χ3n) is 4.24. The largest absolute Gasteiger partial charge is 0.444 e. The Morgan fingerprint density at radius 2 is 1.61 bits per heavy atom. The molecule has 3 amide bonds. The van der Waals surface area contributed by atoms with Gasteiger partial charge >= 0.3 is 6.09 Å². The Hall–Kier alpha value is -3.35. The van der Waals surface area contributed by atoms with E-state index in [1.54, 1.807) is 32.9 Å². The highest BCUT2D eigenvalue weighted by Crippen LogP contribution is 2.12. The lowest BCUT2D eigenvalue weighted by atomic mass is 10.1. The van der Waals surface area contributed by atoms with Gasteiger partial charge in [-0.25, -0.2) is 4.79 Å². The molecule has 0 fully saturated rings. The smallest absolute Gasteiger partial charge is 0.408 e. The monoisotopic (exact) mass is 425 g/mol. The molecule has 0 saturated heterocycles. The van der Waals surface area contributed by atoms with Crippen molar-refractivity contribution < 1.29 is 19.1 Å². The molecule has 2 aromatic rings. The number of hydrogen-bond donors (Lipinski definition) is 3. The SMILES string of the molecule is Cc1cccc(CCC(=O)Nc2ccc(CNC(=O)CNC(=O)OC(C)(C)C)cc2)c1. The van der Waals surface area contributed by atoms with E-state index in [0.717, 1.165) is 11.1 Å². The van der Waals surface area contributed by atoms with Gasteiger partial charge in [-0.2, -0.15) is 0 Å². The topological polar surface area (TPSA) is 96.5 Å². The van der Waals surface area contributed by atoms with Crippen LogP contribution in [0.15, 0.2) is 48.5 Å². The van der Waals surface area contributed by atoms with Crippen molar-refractivity contribution in [3.8, 4) is 0 Å². The number of hydrogen-bond acceptors (Lipinski definition) is 4. The van der Waals surface area contributed by atoms with Crippen LogP contribution >= 0.6 is 0 Å². The molecule has 0 aromatic heterocycles. The van der Waals surface area contributed by atoms with E-state index < -0.39 is 11.7 Å². The summed E-state index contributed by atoms with van der Waals surface area (Å²) in [7, 11) is 0. The Kier molecular flexibility index (Phi) is 8.61. The van der Waals surface area contributed by atoms with E-state index in [-0.39, 0.29) is 18.4 Å². The second kappa shape index (κ2) is 11.2. The van der Waals surface area contributed by atoms with Crippen LogP contribution < -0.4 is 16.0 Å². The molecule has 0 unspecified atom stereocenters. The van der Waals surface area contributed by atoms with E-state index >= 15 is 0 Å². The third-order valence-corrected chi connectivity index (χ3v) is 4.24. The number of ether oxygens (including phenoxy) is 1. The summed E-state index contributed by atoms with van der Waals surface area (Å²) >= 11 is 0. The molecule has 2 rings (SSSR count). The van der Waals surface area contributed by atoms with Gasteiger partial charge in [-0.15, -0.1) is 0 Å². The van der Waals surface area contributed by atoms with Gasteiger partial charge in [0.1, 0.15) is 12.1 Å². The molecule has 31 heavy (non-hydrogen) atoms. The molecule has 3 N–H and O–H groups in total. The van der Waals surface area contributed by atoms with Crippen molar-refractivity contribution in [1.29, 1.82) is 0 Å². The predicted molar refractivity (Wildman–Crippen MR) is 121 cm³/mol. The van der Waals surface area contributed by atoms with Crippen LogP contribution in [0.2, 0.25) is 0 Å². The van der Waals surface area contributed by atoms with E-state index in [9.17, 15) is 14.4 Å². The van der Waals surface area contributed by atoms with Crippen molar-refractivity contribution in [3.63, 3.8) is 0 Å². The van der Waals surface area contributed by atoms with Gasteiger partial charge in [0.05, 0.1) is 0 Å². The zero-order valence-corrected chi connectivity index (χ0v) is 18.6. The zero-order valence-electron chi connectivity index (χ0n) is 18.6. The van der Waals surface area contributed by atoms with E-state index in [2.05, 4.69) is 22.0 Å². The first kappa shape index (κ1) is 23.9. The molecular weight excluding hydrogens is 394 g/mol. The van der Waals surface area contributed by atoms with Crippen LogP contribution in [0.4, 0.5) is 10.5 Å². The molecule has 0 atom stereocenters. The van der Waals surface area contributed by atoms with Crippen LogP contribution in [0.25, 0.3) is 0 Å². The highest BCUT2D eigenvalue weighted by Gasteiger charge is 2.16. The molecule has 0 aliphatic carbocycles. The second-order valence-corrected chi connectivity index (χ2v) is 8.37. The molecule has 7 nitrogen and oxygen atoms in total. The Balaban J connectivity index is 1.70. The molecule has 7 heteroatoms. The summed E-state index contributed by atoms with van der Waals surface area (Å²) in [6.07, 6.45) is 0.464. The summed E-state index contributed by atoms with van der Waals surface area (Å²) in [4.78, 5) is 35.6. The molecule has 0 spiro atoms. The first-order valence-electron chi connectivity index (χ1n) is 10.3. The molecule has 166 valence electrons. The van der Waals surface area contributed by atoms with Crippen molar-refractivity contribution >= 4 is 23.6 Å². The lowest BCUT2D eigenvalue weighted by Gasteiger charge is -2.19. The number of aryl methyl sites for hydroxylation is 2. The maximum atomic E-state index is 12.2. The molecule has 0 saturated carbocycles. The van der Waals surface area contributed by atoms with Crippen LogP contribution in [-0.4, -0.2) is 30.1 Å². The average molecular weight is 426 g/mol. The molecule has 0 aliphatic heterocycles. The number of nitrogens with one attached hydrogen (secondary N) is 3. The minimum Gasteiger partial charge on any atom is -0.444 e. The maximum absolute atomic E-state index is 12.2. The number of carbonyl (C=O) groups excluding carboxylic acids is 3. The van der Waals surface area contributed by atoms with Crippen LogP contribution in [0.3, 0.4) is 0 Å². The van der Waals surface area contributed by atoms with Crippen molar-refractivity contribution in [3.05, 3.63) is 65.2 Å². The van der Waals surface area contributed by atoms with Crippen molar-refractivity contribution in [2.24, 2.45) is 0 Å². The summed E-state index contributed by atoms with van der Waals surface area (Å²) in [5.74, 6) is -0.366. The standard InChI is InChI=1S/C24H31N3O4/c1-17-6-5-7-18(14-17)10-13-21(28)27-20-11-8-19(9-12-20)15-25-22(29)16-26-23(30)31-24(2,3)4/h5-9,11-12,14H,10,13,15-16H2,1-4H3,(H,25,29)(H,26,30)(H,27,28). The van der Waals surface area contributed by atoms with Gasteiger partial charge in [-0.3, -0.25) is 9.59 Å². The lowest BCUT2D eigenvalue weighted by molar-refractivity contribution is -0.120. The first-order chi connectivity index (χ1) is 14.6. The van der Waals surface area contributed by atoms with Gasteiger partial charge in [0, 0.05) is 18.7 Å². The molecule has 0 heterocycles. The summed E-state index contributed by atoms with van der Waals surface area (Å²) in [5.41, 5.74) is 3.29. The fraction of sp³-hybridized carbons (Fsp3) is 0.375. The Morgan fingerprint density at radius 3 is 2.26 bits per heavy atom. The van der Waals surface area contributed by atoms with Gasteiger partial charge < -0.3 is 20.7 Å². The zero-order chi connectivity index (χ0) is 22.9. The van der Waals surface area contributed by atoms with Crippen LogP contribution in [0.5, 0.6) is 0 Å². The number of alkyl carbamates (subject to hydrolysis) is 1. The fourth-order valence-corrected chi connectivity index (χ4v) is 2.78. The van der Waals surface area contributed by atoms with E-state index in [1.165, 1.54) is 5.56 Å². The third kappa shape index (κ3) is 9.80. The van der Waals surface area contributed by atoms with Crippen LogP contribution in [0, 0.1) is 6.92 Å². The van der Waals surface area contributed by atoms with Gasteiger partial charge in [0.25, 0.3) is 0 Å². The lowest BCUT2D eigenvalue weighted by Crippen LogP contribution is -2.39. The Labute approximate surface area is 183 Å². The first-order valence-corrected chi connectivity index (χ1v) is 10.3. The van der Waals surface area contributed by atoms with Crippen LogP contribution in [0.1, 0.15) is 43.9 Å². The molecule has 0 aliphatic rings. The Morgan fingerprint density at radius 1 is 0.903 bits per heavy atom. The summed E-state index contributed by atoms with van der Waals surface area (Å²) < 4.78 is 5.08. The maximum Gasteiger partial charge on any atom is 0.408 e. The van der Waals surface area contributed by atoms with Crippen LogP contribution in [-0.2, 0) is 27.3 Å². The average Bonchev–Trinajstić information content (AvgIpc) is 2.69. The molecule has 0 radical (unpaired) electrons. The number of anilines is 1. The molecule has 2 aromatic carbocycles. The minimum atomic E-state index is -0.634. The summed E-state index contributed by atoms with van der Waals surface area (Å²) in [6, 6.07) is 15.4. The fourth-order valence-electron chi connectivity index (χ4n) is 2.78. The molecular formula is C24H31N3O4. The van der Waals surface area contributed by atoms with Gasteiger partial charge in [0.15, 0.2) is 0 Å². The normalized spacial score (nSPS) is 10.8. The van der Waals surface area contributed by atoms with E-state index in [0.29, 0.717) is 25.1 Å². The van der Waals surface area contributed by atoms with E-state index in [1.807, 2.05) is 37.3 Å². The number of carbonyl (C=O) groups is 3. The second-order valence-electron chi connectivity index (χ2n) is 8.37. The Bertz CT molecular complexity index is 902. The highest BCUT2D eigenvalue weighted by atomic mass is 16.6. The van der Waals surface area contributed by atoms with Gasteiger partial charge in [0.2, 0.25) is 11.8 Å². The highest BCUT2D eigenvalue weighted by molar-refractivity contribution is 5.90. The van der Waals surface area contributed by atoms with Gasteiger partial charge in [-0.05, 0) is 57.4 Å². The minimum absolute atomic E-state index is 0.0456. The van der Waals surface area contributed by atoms with E-state index in [4.69, 9.17) is 4.74 Å². The summed E-state index contributed by atoms with van der Waals surface area (Å²) in [5, 5.41) is 8.02. The quantitative estimate of drug-likeness (QED) is 0.601. The summed E-state index contributed by atoms with van der Waals surface area (Å²) in [6.45, 7) is 7.44. The van der Waals surface area contributed by atoms with Crippen molar-refractivity contribution in [1.82, 2.24) is 10.6 Å². The van der Waals surface area contributed by atoms with Crippen molar-refractivity contribution in [2.75, 3.05) is 11.9 Å². The number of benzene rings is 2. The number of amides is 3. The number of rotatable bonds is 8. The van der Waals surface area contributed by atoms with Crippen molar-refractivity contribution in [2.45, 2.75) is 52.7 Å². The predicted octanol–water partition coefficient (Wildman–Crippen LogP) is 3.71.